The van der Waals surface area contributed by atoms with Crippen LogP contribution in [0.1, 0.15) is 11.7 Å². The predicted octanol–water partition coefficient (Wildman–Crippen LogP) is 0.487. The van der Waals surface area contributed by atoms with E-state index in [1.807, 2.05) is 0 Å². The normalized spacial score (nSPS) is 17.5. The molecule has 0 radical (unpaired) electrons. The van der Waals surface area contributed by atoms with E-state index in [2.05, 4.69) is 9.97 Å². The standard InChI is InChI=1S/C7H9N3O2/c11-7(12)10-3-5(4-10)6-8-1-2-9-6/h1-2,5H,3-4H2,(H,8,9)(H,11,12). The number of nitrogens with one attached hydrogen (secondary N) is 1. The van der Waals surface area contributed by atoms with E-state index < -0.39 is 6.09 Å². The van der Waals surface area contributed by atoms with Crippen LogP contribution in [0.25, 0.3) is 0 Å². The summed E-state index contributed by atoms with van der Waals surface area (Å²) < 4.78 is 0. The van der Waals surface area contributed by atoms with Crippen LogP contribution in [0.4, 0.5) is 4.79 Å². The second kappa shape index (κ2) is 2.51. The molecule has 0 spiro atoms. The zero-order valence-corrected chi connectivity index (χ0v) is 6.40. The molecule has 5 heteroatoms. The van der Waals surface area contributed by atoms with Gasteiger partial charge in [-0.15, -0.1) is 0 Å². The molecule has 2 N–H and O–H groups in total. The lowest BCUT2D eigenvalue weighted by molar-refractivity contribution is 0.103. The summed E-state index contributed by atoms with van der Waals surface area (Å²) >= 11 is 0. The molecule has 0 bridgehead atoms. The SMILES string of the molecule is O=C(O)N1CC(c2ncc[nH]2)C1. The summed E-state index contributed by atoms with van der Waals surface area (Å²) in [5.74, 6) is 1.14. The maximum Gasteiger partial charge on any atom is 0.407 e. The van der Waals surface area contributed by atoms with Gasteiger partial charge >= 0.3 is 6.09 Å². The van der Waals surface area contributed by atoms with Crippen molar-refractivity contribution in [3.63, 3.8) is 0 Å². The molecule has 12 heavy (non-hydrogen) atoms. The summed E-state index contributed by atoms with van der Waals surface area (Å²) in [6.45, 7) is 1.12. The first kappa shape index (κ1) is 7.15. The number of carboxylic acid groups (broad SMARTS) is 1. The molecular weight excluding hydrogens is 158 g/mol. The summed E-state index contributed by atoms with van der Waals surface area (Å²) in [6, 6.07) is 0. The van der Waals surface area contributed by atoms with Crippen molar-refractivity contribution in [3.8, 4) is 0 Å². The third-order valence-electron chi connectivity index (χ3n) is 2.06. The Kier molecular flexibility index (Phi) is 1.49. The predicted molar refractivity (Wildman–Crippen MR) is 40.9 cm³/mol. The average Bonchev–Trinajstić information content (AvgIpc) is 2.34. The molecule has 64 valence electrons. The minimum atomic E-state index is -0.849. The Hall–Kier alpha value is -1.52. The summed E-state index contributed by atoms with van der Waals surface area (Å²) in [4.78, 5) is 18.8. The average molecular weight is 167 g/mol. The van der Waals surface area contributed by atoms with E-state index in [1.54, 1.807) is 12.4 Å². The maximum atomic E-state index is 10.4. The molecule has 0 aliphatic carbocycles. The van der Waals surface area contributed by atoms with Gasteiger partial charge in [0.1, 0.15) is 5.82 Å². The minimum absolute atomic E-state index is 0.260. The molecule has 1 aromatic rings. The first-order valence-electron chi connectivity index (χ1n) is 3.74. The second-order valence-corrected chi connectivity index (χ2v) is 2.86. The van der Waals surface area contributed by atoms with Crippen molar-refractivity contribution in [1.29, 1.82) is 0 Å². The molecule has 2 rings (SSSR count). The van der Waals surface area contributed by atoms with E-state index >= 15 is 0 Å². The van der Waals surface area contributed by atoms with Crippen LogP contribution in [0, 0.1) is 0 Å². The Bertz CT molecular complexity index is 277. The molecule has 1 aromatic heterocycles. The van der Waals surface area contributed by atoms with Crippen LogP contribution in [0.3, 0.4) is 0 Å². The number of amides is 1. The zero-order chi connectivity index (χ0) is 8.55. The molecule has 2 heterocycles. The highest BCUT2D eigenvalue weighted by molar-refractivity contribution is 5.66. The molecule has 0 unspecified atom stereocenters. The van der Waals surface area contributed by atoms with Crippen molar-refractivity contribution in [1.82, 2.24) is 14.9 Å². The minimum Gasteiger partial charge on any atom is -0.465 e. The fourth-order valence-corrected chi connectivity index (χ4v) is 1.31. The largest absolute Gasteiger partial charge is 0.465 e. The molecule has 1 aliphatic rings. The Morgan fingerprint density at radius 3 is 3.00 bits per heavy atom. The molecule has 0 aromatic carbocycles. The summed E-state index contributed by atoms with van der Waals surface area (Å²) in [5, 5.41) is 8.54. The van der Waals surface area contributed by atoms with Crippen LogP contribution in [0.5, 0.6) is 0 Å². The third-order valence-corrected chi connectivity index (χ3v) is 2.06. The summed E-state index contributed by atoms with van der Waals surface area (Å²) in [5.41, 5.74) is 0. The van der Waals surface area contributed by atoms with Crippen molar-refractivity contribution >= 4 is 6.09 Å². The molecular formula is C7H9N3O2. The topological polar surface area (TPSA) is 69.2 Å². The molecule has 1 amide bonds. The van der Waals surface area contributed by atoms with E-state index in [0.717, 1.165) is 5.82 Å². The van der Waals surface area contributed by atoms with Crippen LogP contribution in [0.15, 0.2) is 12.4 Å². The Morgan fingerprint density at radius 1 is 1.75 bits per heavy atom. The monoisotopic (exact) mass is 167 g/mol. The van der Waals surface area contributed by atoms with E-state index in [4.69, 9.17) is 5.11 Å². The van der Waals surface area contributed by atoms with Crippen molar-refractivity contribution in [2.24, 2.45) is 0 Å². The summed E-state index contributed by atoms with van der Waals surface area (Å²) in [7, 11) is 0. The lowest BCUT2D eigenvalue weighted by Gasteiger charge is -2.35. The Balaban J connectivity index is 1.94. The number of H-pyrrole nitrogens is 1. The van der Waals surface area contributed by atoms with Gasteiger partial charge in [0, 0.05) is 25.5 Å². The van der Waals surface area contributed by atoms with Crippen molar-refractivity contribution in [2.75, 3.05) is 13.1 Å². The first-order chi connectivity index (χ1) is 5.77. The van der Waals surface area contributed by atoms with Gasteiger partial charge in [-0.25, -0.2) is 9.78 Å². The number of nitrogens with zero attached hydrogens (tertiary/aromatic N) is 2. The Morgan fingerprint density at radius 2 is 2.50 bits per heavy atom. The second-order valence-electron chi connectivity index (χ2n) is 2.86. The number of rotatable bonds is 1. The molecule has 1 saturated heterocycles. The van der Waals surface area contributed by atoms with Crippen molar-refractivity contribution < 1.29 is 9.90 Å². The quantitative estimate of drug-likeness (QED) is 0.639. The smallest absolute Gasteiger partial charge is 0.407 e. The van der Waals surface area contributed by atoms with Crippen LogP contribution in [-0.2, 0) is 0 Å². The number of likely N-dealkylation sites (tertiary alicyclic amines) is 1. The highest BCUT2D eigenvalue weighted by Crippen LogP contribution is 2.23. The van der Waals surface area contributed by atoms with Crippen LogP contribution in [-0.4, -0.2) is 39.2 Å². The Labute approximate surface area is 69.0 Å². The maximum absolute atomic E-state index is 10.4. The van der Waals surface area contributed by atoms with E-state index in [9.17, 15) is 4.79 Å². The number of imidazole rings is 1. The molecule has 0 atom stereocenters. The van der Waals surface area contributed by atoms with Gasteiger partial charge in [0.25, 0.3) is 0 Å². The molecule has 1 aliphatic heterocycles. The van der Waals surface area contributed by atoms with Crippen LogP contribution >= 0.6 is 0 Å². The van der Waals surface area contributed by atoms with Gasteiger partial charge in [0.15, 0.2) is 0 Å². The highest BCUT2D eigenvalue weighted by Gasteiger charge is 2.32. The number of aromatic amines is 1. The van der Waals surface area contributed by atoms with Crippen molar-refractivity contribution in [3.05, 3.63) is 18.2 Å². The zero-order valence-electron chi connectivity index (χ0n) is 6.40. The van der Waals surface area contributed by atoms with Gasteiger partial charge in [0.2, 0.25) is 0 Å². The number of carbonyl (C=O) groups is 1. The number of hydrogen-bond donors (Lipinski definition) is 2. The van der Waals surface area contributed by atoms with E-state index in [0.29, 0.717) is 13.1 Å². The van der Waals surface area contributed by atoms with Gasteiger partial charge in [-0.1, -0.05) is 0 Å². The highest BCUT2D eigenvalue weighted by atomic mass is 16.4. The molecule has 0 saturated carbocycles. The fourth-order valence-electron chi connectivity index (χ4n) is 1.31. The van der Waals surface area contributed by atoms with Gasteiger partial charge in [-0.2, -0.15) is 0 Å². The lowest BCUT2D eigenvalue weighted by Crippen LogP contribution is -2.48. The van der Waals surface area contributed by atoms with Gasteiger partial charge in [-0.3, -0.25) is 0 Å². The van der Waals surface area contributed by atoms with E-state index in [-0.39, 0.29) is 5.92 Å². The third kappa shape index (κ3) is 1.03. The molecule has 5 nitrogen and oxygen atoms in total. The van der Waals surface area contributed by atoms with Gasteiger partial charge in [0.05, 0.1) is 5.92 Å². The number of hydrogen-bond acceptors (Lipinski definition) is 2. The van der Waals surface area contributed by atoms with Crippen molar-refractivity contribution in [2.45, 2.75) is 5.92 Å². The van der Waals surface area contributed by atoms with Gasteiger partial charge < -0.3 is 15.0 Å². The molecule has 1 fully saturated rings. The lowest BCUT2D eigenvalue weighted by atomic mass is 10.0. The van der Waals surface area contributed by atoms with Gasteiger partial charge in [-0.05, 0) is 0 Å². The van der Waals surface area contributed by atoms with Crippen LogP contribution < -0.4 is 0 Å². The van der Waals surface area contributed by atoms with Crippen LogP contribution in [0.2, 0.25) is 0 Å². The fraction of sp³-hybridized carbons (Fsp3) is 0.429. The summed E-state index contributed by atoms with van der Waals surface area (Å²) in [6.07, 6.45) is 2.58. The number of aromatic nitrogens is 2. The van der Waals surface area contributed by atoms with E-state index in [1.165, 1.54) is 4.90 Å². The first-order valence-corrected chi connectivity index (χ1v) is 3.74.